The van der Waals surface area contributed by atoms with Crippen LogP contribution in [0.3, 0.4) is 0 Å². The van der Waals surface area contributed by atoms with Crippen LogP contribution in [0.5, 0.6) is 0 Å². The van der Waals surface area contributed by atoms with Crippen LogP contribution in [-0.4, -0.2) is 56.4 Å². The van der Waals surface area contributed by atoms with Gasteiger partial charge >= 0.3 is 23.9 Å². The van der Waals surface area contributed by atoms with Crippen LogP contribution < -0.4 is 11.5 Å². The third-order valence-corrected chi connectivity index (χ3v) is 1.42. The minimum atomic E-state index is -1.29. The molecule has 0 aromatic rings. The minimum absolute atomic E-state index is 0. The average molecular weight is 362 g/mol. The summed E-state index contributed by atoms with van der Waals surface area (Å²) in [6, 6.07) is -2.58. The molecule has 0 bridgehead atoms. The Bertz CT molecular complexity index is 303. The smallest absolute Gasteiger partial charge is 0.321 e. The summed E-state index contributed by atoms with van der Waals surface area (Å²) in [5.74, 6) is -5.00. The van der Waals surface area contributed by atoms with Crippen molar-refractivity contribution in [2.24, 2.45) is 11.5 Å². The monoisotopic (exact) mass is 364 g/mol. The maximum Gasteiger partial charge on any atom is 0.321 e. The van der Waals surface area contributed by atoms with Crippen molar-refractivity contribution >= 4 is 23.9 Å². The molecule has 0 aliphatic rings. The summed E-state index contributed by atoms with van der Waals surface area (Å²) in [7, 11) is 0. The molecule has 8 N–H and O–H groups in total. The zero-order chi connectivity index (χ0) is 14.9. The topological polar surface area (TPSA) is 201 Å². The first-order chi connectivity index (χ1) is 8.07. The van der Waals surface area contributed by atoms with Crippen molar-refractivity contribution in [1.29, 1.82) is 0 Å². The number of hydrogen-bond donors (Lipinski definition) is 6. The van der Waals surface area contributed by atoms with Crippen molar-refractivity contribution in [3.05, 3.63) is 0 Å². The molecule has 11 heteroatoms. The van der Waals surface area contributed by atoms with Gasteiger partial charge in [0.05, 0.1) is 12.8 Å². The molecule has 0 radical (unpaired) electrons. The van der Waals surface area contributed by atoms with E-state index in [1.165, 1.54) is 0 Å². The zero-order valence-electron chi connectivity index (χ0n) is 9.55. The summed E-state index contributed by atoms with van der Waals surface area (Å²) < 4.78 is 0. The summed E-state index contributed by atoms with van der Waals surface area (Å²) in [6.45, 7) is 0. The molecule has 0 heterocycles. The van der Waals surface area contributed by atoms with E-state index in [2.05, 4.69) is 0 Å². The second-order valence-electron chi connectivity index (χ2n) is 3.09. The fourth-order valence-corrected chi connectivity index (χ4v) is 0.551. The Morgan fingerprint density at radius 1 is 0.737 bits per heavy atom. The van der Waals surface area contributed by atoms with E-state index in [4.69, 9.17) is 31.9 Å². The number of carboxylic acids is 4. The maximum atomic E-state index is 9.85. The predicted octanol–water partition coefficient (Wildman–Crippen LogP) is -2.26. The Kier molecular flexibility index (Phi) is 13.8. The molecule has 2 atom stereocenters. The van der Waals surface area contributed by atoms with Crippen molar-refractivity contribution in [3.63, 3.8) is 0 Å². The number of rotatable bonds is 6. The standard InChI is InChI=1S/2C4H7NO4.Mo/c2*5-2(4(8)9)1-3(6)7;/h2*2H,1,5H2,(H,6,7)(H,8,9);/t2*2-;/m10./s1. The van der Waals surface area contributed by atoms with Crippen molar-refractivity contribution < 1.29 is 60.7 Å². The van der Waals surface area contributed by atoms with Gasteiger partial charge in [0.25, 0.3) is 0 Å². The van der Waals surface area contributed by atoms with Crippen molar-refractivity contribution in [2.45, 2.75) is 24.9 Å². The molecule has 0 aromatic carbocycles. The van der Waals surface area contributed by atoms with E-state index in [9.17, 15) is 19.2 Å². The largest absolute Gasteiger partial charge is 0.481 e. The van der Waals surface area contributed by atoms with E-state index in [0.717, 1.165) is 0 Å². The Labute approximate surface area is 121 Å². The first-order valence-electron chi connectivity index (χ1n) is 4.48. The molecule has 0 aliphatic heterocycles. The van der Waals surface area contributed by atoms with Crippen LogP contribution in [0.25, 0.3) is 0 Å². The van der Waals surface area contributed by atoms with Gasteiger partial charge in [0, 0.05) is 21.1 Å². The first-order valence-corrected chi connectivity index (χ1v) is 4.48. The fourth-order valence-electron chi connectivity index (χ4n) is 0.551. The van der Waals surface area contributed by atoms with Gasteiger partial charge in [-0.1, -0.05) is 0 Å². The van der Waals surface area contributed by atoms with Crippen molar-refractivity contribution in [2.75, 3.05) is 0 Å². The number of carboxylic acid groups (broad SMARTS) is 4. The molecule has 0 unspecified atom stereocenters. The zero-order valence-corrected chi connectivity index (χ0v) is 11.6. The molecule has 0 rings (SSSR count). The molecular weight excluding hydrogens is 348 g/mol. The van der Waals surface area contributed by atoms with Gasteiger partial charge < -0.3 is 31.9 Å². The molecule has 10 nitrogen and oxygen atoms in total. The summed E-state index contributed by atoms with van der Waals surface area (Å²) >= 11 is 0. The second-order valence-corrected chi connectivity index (χ2v) is 3.09. The first kappa shape index (κ1) is 22.6. The minimum Gasteiger partial charge on any atom is -0.481 e. The molecule has 0 aromatic heterocycles. The Morgan fingerprint density at radius 2 is 0.947 bits per heavy atom. The van der Waals surface area contributed by atoms with Crippen LogP contribution in [0.4, 0.5) is 0 Å². The van der Waals surface area contributed by atoms with Gasteiger partial charge in [0.15, 0.2) is 0 Å². The van der Waals surface area contributed by atoms with E-state index >= 15 is 0 Å². The molecule has 0 fully saturated rings. The number of carbonyl (C=O) groups is 4. The third kappa shape index (κ3) is 16.5. The molecule has 0 saturated heterocycles. The summed E-state index contributed by atoms with van der Waals surface area (Å²) in [5, 5.41) is 32.1. The van der Waals surface area contributed by atoms with Gasteiger partial charge in [0.1, 0.15) is 12.1 Å². The van der Waals surface area contributed by atoms with E-state index in [1.807, 2.05) is 0 Å². The number of nitrogens with two attached hydrogens (primary N) is 2. The van der Waals surface area contributed by atoms with Gasteiger partial charge in [-0.2, -0.15) is 0 Å². The Hall–Kier alpha value is -1.51. The average Bonchev–Trinajstić information content (AvgIpc) is 2.16. The number of hydrogen-bond acceptors (Lipinski definition) is 6. The predicted molar refractivity (Wildman–Crippen MR) is 55.7 cm³/mol. The van der Waals surface area contributed by atoms with Crippen LogP contribution in [0, 0.1) is 0 Å². The quantitative estimate of drug-likeness (QED) is 0.280. The maximum absolute atomic E-state index is 9.85. The Morgan fingerprint density at radius 3 is 1.00 bits per heavy atom. The van der Waals surface area contributed by atoms with Crippen LogP contribution >= 0.6 is 0 Å². The van der Waals surface area contributed by atoms with E-state index in [0.29, 0.717) is 0 Å². The normalized spacial score (nSPS) is 11.9. The van der Waals surface area contributed by atoms with Crippen LogP contribution in [0.15, 0.2) is 0 Å². The number of aliphatic carboxylic acids is 4. The van der Waals surface area contributed by atoms with Crippen LogP contribution in [0.2, 0.25) is 0 Å². The fraction of sp³-hybridized carbons (Fsp3) is 0.500. The van der Waals surface area contributed by atoms with E-state index in [-0.39, 0.29) is 21.1 Å². The molecule has 0 saturated carbocycles. The van der Waals surface area contributed by atoms with Crippen LogP contribution in [-0.2, 0) is 40.2 Å². The second kappa shape index (κ2) is 11.6. The molecule has 0 amide bonds. The van der Waals surface area contributed by atoms with Gasteiger partial charge in [0.2, 0.25) is 0 Å². The summed E-state index contributed by atoms with van der Waals surface area (Å²) in [6.07, 6.45) is -1.06. The van der Waals surface area contributed by atoms with E-state index in [1.54, 1.807) is 0 Å². The van der Waals surface area contributed by atoms with Crippen LogP contribution in [0.1, 0.15) is 12.8 Å². The summed E-state index contributed by atoms with van der Waals surface area (Å²) in [5.41, 5.74) is 9.67. The third-order valence-electron chi connectivity index (χ3n) is 1.42. The molecule has 0 aliphatic carbocycles. The van der Waals surface area contributed by atoms with Crippen molar-refractivity contribution in [3.8, 4) is 0 Å². The van der Waals surface area contributed by atoms with Gasteiger partial charge in [-0.05, 0) is 0 Å². The molecule has 19 heavy (non-hydrogen) atoms. The van der Waals surface area contributed by atoms with Gasteiger partial charge in [-0.15, -0.1) is 0 Å². The Balaban J connectivity index is -0.000000256. The SMILES string of the molecule is N[C@@H](CC(=O)O)C(=O)O.N[C@H](CC(=O)O)C(=O)O.[Mo]. The molecular formula is C8H14MoN2O8. The van der Waals surface area contributed by atoms with Gasteiger partial charge in [-0.3, -0.25) is 19.2 Å². The molecule has 0 spiro atoms. The van der Waals surface area contributed by atoms with Gasteiger partial charge in [-0.25, -0.2) is 0 Å². The van der Waals surface area contributed by atoms with E-state index < -0.39 is 48.8 Å². The summed E-state index contributed by atoms with van der Waals surface area (Å²) in [4.78, 5) is 39.2. The molecule has 110 valence electrons. The van der Waals surface area contributed by atoms with Crippen molar-refractivity contribution in [1.82, 2.24) is 0 Å².